The van der Waals surface area contributed by atoms with Gasteiger partial charge in [-0.05, 0) is 6.07 Å². The Labute approximate surface area is 145 Å². The highest BCUT2D eigenvalue weighted by Crippen LogP contribution is 2.31. The van der Waals surface area contributed by atoms with E-state index in [1.807, 2.05) is 49.4 Å². The minimum absolute atomic E-state index is 0.343. The molecular formula is C15H22N6O2S. The standard InChI is InChI=1S/C15H22N6O2S/c1-20(2)11-6-7-16-13(23-5)12(11)19-14(22)17-8-10-9-24-15(18-10)21(3)4/h6-7,9H,8H2,1-5H3,(H2,17,19,22). The van der Waals surface area contributed by atoms with Crippen LogP contribution < -0.4 is 25.2 Å². The van der Waals surface area contributed by atoms with E-state index in [0.29, 0.717) is 18.1 Å². The van der Waals surface area contributed by atoms with Crippen LogP contribution in [0.2, 0.25) is 0 Å². The molecule has 0 aliphatic rings. The second-order valence-corrected chi connectivity index (χ2v) is 6.27. The lowest BCUT2D eigenvalue weighted by atomic mass is 10.3. The maximum absolute atomic E-state index is 12.2. The fourth-order valence-electron chi connectivity index (χ4n) is 1.99. The molecule has 0 spiro atoms. The number of urea groups is 1. The molecule has 0 bridgehead atoms. The Balaban J connectivity index is 2.04. The molecule has 0 aliphatic carbocycles. The number of ether oxygens (including phenoxy) is 1. The summed E-state index contributed by atoms with van der Waals surface area (Å²) in [7, 11) is 9.15. The molecule has 2 heterocycles. The van der Waals surface area contributed by atoms with E-state index in [0.717, 1.165) is 16.5 Å². The molecule has 0 unspecified atom stereocenters. The van der Waals surface area contributed by atoms with Gasteiger partial charge < -0.3 is 25.2 Å². The first-order valence-electron chi connectivity index (χ1n) is 7.29. The van der Waals surface area contributed by atoms with Crippen LogP contribution >= 0.6 is 11.3 Å². The number of aromatic nitrogens is 2. The summed E-state index contributed by atoms with van der Waals surface area (Å²) in [5, 5.41) is 8.41. The van der Waals surface area contributed by atoms with Crippen molar-refractivity contribution in [1.82, 2.24) is 15.3 Å². The Morgan fingerprint density at radius 3 is 2.62 bits per heavy atom. The average molecular weight is 350 g/mol. The van der Waals surface area contributed by atoms with Crippen molar-refractivity contribution < 1.29 is 9.53 Å². The zero-order chi connectivity index (χ0) is 17.7. The summed E-state index contributed by atoms with van der Waals surface area (Å²) in [5.74, 6) is 0.361. The fraction of sp³-hybridized carbons (Fsp3) is 0.400. The normalized spacial score (nSPS) is 10.2. The number of hydrogen-bond acceptors (Lipinski definition) is 7. The summed E-state index contributed by atoms with van der Waals surface area (Å²) in [6.45, 7) is 0.343. The van der Waals surface area contributed by atoms with Gasteiger partial charge in [0.05, 0.1) is 25.0 Å². The molecule has 0 aromatic carbocycles. The maximum Gasteiger partial charge on any atom is 0.319 e. The minimum atomic E-state index is -0.344. The van der Waals surface area contributed by atoms with Crippen molar-refractivity contribution >= 4 is 33.9 Å². The van der Waals surface area contributed by atoms with Gasteiger partial charge in [0.25, 0.3) is 0 Å². The molecular weight excluding hydrogens is 328 g/mol. The Morgan fingerprint density at radius 1 is 1.29 bits per heavy atom. The van der Waals surface area contributed by atoms with Crippen LogP contribution in [0.1, 0.15) is 5.69 Å². The molecule has 0 saturated heterocycles. The molecule has 130 valence electrons. The van der Waals surface area contributed by atoms with Crippen molar-refractivity contribution in [2.45, 2.75) is 6.54 Å². The fourth-order valence-corrected chi connectivity index (χ4v) is 2.75. The summed E-state index contributed by atoms with van der Waals surface area (Å²) in [6, 6.07) is 1.46. The van der Waals surface area contributed by atoms with Crippen molar-refractivity contribution in [2.75, 3.05) is 50.4 Å². The summed E-state index contributed by atoms with van der Waals surface area (Å²) in [4.78, 5) is 24.6. The Morgan fingerprint density at radius 2 is 2.04 bits per heavy atom. The lowest BCUT2D eigenvalue weighted by Crippen LogP contribution is -2.29. The Kier molecular flexibility index (Phi) is 5.80. The number of carbonyl (C=O) groups is 1. The van der Waals surface area contributed by atoms with Gasteiger partial charge >= 0.3 is 6.03 Å². The van der Waals surface area contributed by atoms with E-state index in [2.05, 4.69) is 20.6 Å². The van der Waals surface area contributed by atoms with Gasteiger partial charge in [-0.15, -0.1) is 11.3 Å². The van der Waals surface area contributed by atoms with Gasteiger partial charge in [-0.25, -0.2) is 14.8 Å². The SMILES string of the molecule is COc1nccc(N(C)C)c1NC(=O)NCc1csc(N(C)C)n1. The van der Waals surface area contributed by atoms with E-state index in [4.69, 9.17) is 4.74 Å². The molecule has 2 amide bonds. The highest BCUT2D eigenvalue weighted by molar-refractivity contribution is 7.13. The largest absolute Gasteiger partial charge is 0.479 e. The molecule has 0 fully saturated rings. The van der Waals surface area contributed by atoms with Crippen LogP contribution in [0.4, 0.5) is 21.3 Å². The number of rotatable bonds is 6. The zero-order valence-electron chi connectivity index (χ0n) is 14.5. The summed E-state index contributed by atoms with van der Waals surface area (Å²) < 4.78 is 5.23. The summed E-state index contributed by atoms with van der Waals surface area (Å²) in [5.41, 5.74) is 2.14. The first-order valence-corrected chi connectivity index (χ1v) is 8.17. The Hall–Kier alpha value is -2.55. The number of carbonyl (C=O) groups excluding carboxylic acids is 1. The molecule has 0 atom stereocenters. The number of methoxy groups -OCH3 is 1. The first-order chi connectivity index (χ1) is 11.4. The maximum atomic E-state index is 12.2. The molecule has 0 saturated carbocycles. The smallest absolute Gasteiger partial charge is 0.319 e. The Bertz CT molecular complexity index is 701. The van der Waals surface area contributed by atoms with Crippen LogP contribution in [0.5, 0.6) is 5.88 Å². The first kappa shape index (κ1) is 17.8. The zero-order valence-corrected chi connectivity index (χ0v) is 15.3. The van der Waals surface area contributed by atoms with Gasteiger partial charge in [-0.3, -0.25) is 0 Å². The van der Waals surface area contributed by atoms with Crippen LogP contribution in [0.15, 0.2) is 17.6 Å². The van der Waals surface area contributed by atoms with Crippen LogP contribution in [0, 0.1) is 0 Å². The summed E-state index contributed by atoms with van der Waals surface area (Å²) in [6.07, 6.45) is 1.63. The van der Waals surface area contributed by atoms with Crippen molar-refractivity contribution in [3.05, 3.63) is 23.3 Å². The molecule has 8 nitrogen and oxygen atoms in total. The van der Waals surface area contributed by atoms with Crippen LogP contribution in [-0.4, -0.2) is 51.3 Å². The number of thiazole rings is 1. The number of anilines is 3. The van der Waals surface area contributed by atoms with Crippen molar-refractivity contribution in [2.24, 2.45) is 0 Å². The van der Waals surface area contributed by atoms with Crippen molar-refractivity contribution in [1.29, 1.82) is 0 Å². The molecule has 2 N–H and O–H groups in total. The van der Waals surface area contributed by atoms with Gasteiger partial charge in [0.1, 0.15) is 5.69 Å². The predicted molar refractivity (Wildman–Crippen MR) is 97.4 cm³/mol. The lowest BCUT2D eigenvalue weighted by molar-refractivity contribution is 0.251. The van der Waals surface area contributed by atoms with E-state index in [9.17, 15) is 4.79 Å². The van der Waals surface area contributed by atoms with Gasteiger partial charge in [0.2, 0.25) is 5.88 Å². The molecule has 2 aromatic heterocycles. The van der Waals surface area contributed by atoms with Crippen molar-refractivity contribution in [3.63, 3.8) is 0 Å². The lowest BCUT2D eigenvalue weighted by Gasteiger charge is -2.19. The van der Waals surface area contributed by atoms with Gasteiger partial charge in [0.15, 0.2) is 5.13 Å². The highest BCUT2D eigenvalue weighted by atomic mass is 32.1. The van der Waals surface area contributed by atoms with Gasteiger partial charge in [-0.2, -0.15) is 0 Å². The monoisotopic (exact) mass is 350 g/mol. The molecule has 24 heavy (non-hydrogen) atoms. The number of amides is 2. The van der Waals surface area contributed by atoms with E-state index in [1.165, 1.54) is 18.4 Å². The molecule has 2 aromatic rings. The van der Waals surface area contributed by atoms with Crippen LogP contribution in [0.3, 0.4) is 0 Å². The van der Waals surface area contributed by atoms with Crippen molar-refractivity contribution in [3.8, 4) is 5.88 Å². The highest BCUT2D eigenvalue weighted by Gasteiger charge is 2.15. The average Bonchev–Trinajstić information content (AvgIpc) is 3.02. The third-order valence-electron chi connectivity index (χ3n) is 3.16. The minimum Gasteiger partial charge on any atom is -0.479 e. The molecule has 0 radical (unpaired) electrons. The number of nitrogens with one attached hydrogen (secondary N) is 2. The third-order valence-corrected chi connectivity index (χ3v) is 4.22. The number of pyridine rings is 1. The molecule has 2 rings (SSSR count). The molecule has 9 heteroatoms. The van der Waals surface area contributed by atoms with Gasteiger partial charge in [0, 0.05) is 39.8 Å². The topological polar surface area (TPSA) is 82.6 Å². The van der Waals surface area contributed by atoms with E-state index in [-0.39, 0.29) is 6.03 Å². The van der Waals surface area contributed by atoms with Crippen LogP contribution in [0.25, 0.3) is 0 Å². The number of nitrogens with zero attached hydrogens (tertiary/aromatic N) is 4. The molecule has 0 aliphatic heterocycles. The summed E-state index contributed by atoms with van der Waals surface area (Å²) >= 11 is 1.53. The number of hydrogen-bond donors (Lipinski definition) is 2. The quantitative estimate of drug-likeness (QED) is 0.829. The van der Waals surface area contributed by atoms with E-state index in [1.54, 1.807) is 6.20 Å². The van der Waals surface area contributed by atoms with Crippen LogP contribution in [-0.2, 0) is 6.54 Å². The van der Waals surface area contributed by atoms with Gasteiger partial charge in [-0.1, -0.05) is 0 Å². The second-order valence-electron chi connectivity index (χ2n) is 5.43. The third kappa shape index (κ3) is 4.25. The van der Waals surface area contributed by atoms with E-state index >= 15 is 0 Å². The predicted octanol–water partition coefficient (Wildman–Crippen LogP) is 2.00. The van der Waals surface area contributed by atoms with E-state index < -0.39 is 0 Å². The second kappa shape index (κ2) is 7.82.